The maximum Gasteiger partial charge on any atom is 0.338 e. The van der Waals surface area contributed by atoms with Crippen molar-refractivity contribution in [3.05, 3.63) is 82.8 Å². The molecule has 2 aromatic carbocycles. The molecule has 0 saturated carbocycles. The summed E-state index contributed by atoms with van der Waals surface area (Å²) in [5.41, 5.74) is 1.48. The molecule has 0 bridgehead atoms. The normalized spacial score (nSPS) is 13.0. The number of rotatable bonds is 7. The SMILES string of the molecule is O=C(COC(=O)c1ccc(Cl)c(S(=O)(=O)N2CCc3ccccc32)c1)NCc1ccco1. The molecule has 0 saturated heterocycles. The fraction of sp³-hybridized carbons (Fsp3) is 0.182. The minimum Gasteiger partial charge on any atom is -0.467 e. The van der Waals surface area contributed by atoms with Gasteiger partial charge in [0.15, 0.2) is 6.61 Å². The molecule has 166 valence electrons. The van der Waals surface area contributed by atoms with Crippen molar-refractivity contribution in [1.82, 2.24) is 5.32 Å². The van der Waals surface area contributed by atoms with Crippen LogP contribution in [0, 0.1) is 0 Å². The van der Waals surface area contributed by atoms with Gasteiger partial charge >= 0.3 is 5.97 Å². The summed E-state index contributed by atoms with van der Waals surface area (Å²) in [5.74, 6) is -0.806. The van der Waals surface area contributed by atoms with Crippen LogP contribution in [0.15, 0.2) is 70.2 Å². The van der Waals surface area contributed by atoms with Crippen LogP contribution in [-0.2, 0) is 32.5 Å². The maximum atomic E-state index is 13.3. The molecule has 0 unspecified atom stereocenters. The second-order valence-electron chi connectivity index (χ2n) is 7.03. The molecule has 0 radical (unpaired) electrons. The number of para-hydroxylation sites is 1. The standard InChI is InChI=1S/C22H19ClN2O6S/c23-18-8-7-16(22(27)31-14-21(26)24-13-17-5-3-11-30-17)12-20(18)32(28,29)25-10-9-15-4-1-2-6-19(15)25/h1-8,11-12H,9-10,13-14H2,(H,24,26). The number of anilines is 1. The van der Waals surface area contributed by atoms with Gasteiger partial charge in [0.05, 0.1) is 29.1 Å². The number of hydrogen-bond donors (Lipinski definition) is 1. The fourth-order valence-electron chi connectivity index (χ4n) is 3.37. The maximum absolute atomic E-state index is 13.3. The van der Waals surface area contributed by atoms with Gasteiger partial charge in [0, 0.05) is 6.54 Å². The third-order valence-electron chi connectivity index (χ3n) is 4.95. The molecule has 1 amide bonds. The Morgan fingerprint density at radius 2 is 1.94 bits per heavy atom. The number of carbonyl (C=O) groups excluding carboxylic acids is 2. The third kappa shape index (κ3) is 4.49. The highest BCUT2D eigenvalue weighted by molar-refractivity contribution is 7.93. The Hall–Kier alpha value is -3.30. The van der Waals surface area contributed by atoms with Gasteiger partial charge in [-0.2, -0.15) is 0 Å². The predicted octanol–water partition coefficient (Wildman–Crippen LogP) is 3.16. The molecule has 3 aromatic rings. The van der Waals surface area contributed by atoms with E-state index < -0.39 is 28.5 Å². The highest BCUT2D eigenvalue weighted by Gasteiger charge is 2.32. The summed E-state index contributed by atoms with van der Waals surface area (Å²) < 4.78 is 37.9. The van der Waals surface area contributed by atoms with Crippen LogP contribution in [-0.4, -0.2) is 33.4 Å². The zero-order valence-electron chi connectivity index (χ0n) is 16.8. The molecule has 1 aliphatic rings. The number of carbonyl (C=O) groups is 2. The number of nitrogens with zero attached hydrogens (tertiary/aromatic N) is 1. The Labute approximate surface area is 189 Å². The van der Waals surface area contributed by atoms with E-state index in [-0.39, 0.29) is 28.6 Å². The molecule has 4 rings (SSSR count). The van der Waals surface area contributed by atoms with E-state index in [9.17, 15) is 18.0 Å². The van der Waals surface area contributed by atoms with Gasteiger partial charge in [-0.1, -0.05) is 29.8 Å². The molecule has 8 nitrogen and oxygen atoms in total. The van der Waals surface area contributed by atoms with Gasteiger partial charge in [-0.05, 0) is 48.4 Å². The number of amides is 1. The monoisotopic (exact) mass is 474 g/mol. The van der Waals surface area contributed by atoms with Crippen LogP contribution in [0.3, 0.4) is 0 Å². The van der Waals surface area contributed by atoms with E-state index in [1.54, 1.807) is 24.3 Å². The lowest BCUT2D eigenvalue weighted by Crippen LogP contribution is -2.30. The molecule has 0 fully saturated rings. The lowest BCUT2D eigenvalue weighted by molar-refractivity contribution is -0.124. The molecule has 0 atom stereocenters. The van der Waals surface area contributed by atoms with Gasteiger partial charge in [-0.3, -0.25) is 9.10 Å². The van der Waals surface area contributed by atoms with Crippen LogP contribution in [0.25, 0.3) is 0 Å². The van der Waals surface area contributed by atoms with Crippen molar-refractivity contribution in [2.24, 2.45) is 0 Å². The van der Waals surface area contributed by atoms with Gasteiger partial charge < -0.3 is 14.5 Å². The molecule has 32 heavy (non-hydrogen) atoms. The Morgan fingerprint density at radius 1 is 1.12 bits per heavy atom. The van der Waals surface area contributed by atoms with E-state index in [1.807, 2.05) is 12.1 Å². The van der Waals surface area contributed by atoms with Crippen LogP contribution < -0.4 is 9.62 Å². The Balaban J connectivity index is 1.46. The molecule has 0 spiro atoms. The zero-order chi connectivity index (χ0) is 22.7. The number of fused-ring (bicyclic) bond motifs is 1. The van der Waals surface area contributed by atoms with E-state index in [0.717, 1.165) is 5.56 Å². The molecule has 2 heterocycles. The predicted molar refractivity (Wildman–Crippen MR) is 117 cm³/mol. The first kappa shape index (κ1) is 21.9. The number of halogens is 1. The molecule has 1 N–H and O–H groups in total. The average Bonchev–Trinajstić information content (AvgIpc) is 3.46. The first-order valence-corrected chi connectivity index (χ1v) is 11.5. The summed E-state index contributed by atoms with van der Waals surface area (Å²) in [7, 11) is -4.00. The molecule has 1 aromatic heterocycles. The zero-order valence-corrected chi connectivity index (χ0v) is 18.4. The van der Waals surface area contributed by atoms with E-state index in [1.165, 1.54) is 28.8 Å². The first-order chi connectivity index (χ1) is 15.4. The van der Waals surface area contributed by atoms with Crippen molar-refractivity contribution in [3.8, 4) is 0 Å². The molecular weight excluding hydrogens is 456 g/mol. The van der Waals surface area contributed by atoms with E-state index in [2.05, 4.69) is 5.32 Å². The van der Waals surface area contributed by atoms with Crippen molar-refractivity contribution in [1.29, 1.82) is 0 Å². The number of ether oxygens (including phenoxy) is 1. The van der Waals surface area contributed by atoms with Crippen LogP contribution in [0.5, 0.6) is 0 Å². The summed E-state index contributed by atoms with van der Waals surface area (Å²) in [6, 6.07) is 14.4. The molecule has 10 heteroatoms. The Bertz CT molecular complexity index is 1260. The largest absolute Gasteiger partial charge is 0.467 e. The Kier molecular flexibility index (Phi) is 6.20. The number of furan rings is 1. The number of benzene rings is 2. The van der Waals surface area contributed by atoms with Gasteiger partial charge in [0.25, 0.3) is 15.9 Å². The van der Waals surface area contributed by atoms with Crippen molar-refractivity contribution >= 4 is 39.2 Å². The molecular formula is C22H19ClN2O6S. The van der Waals surface area contributed by atoms with Gasteiger partial charge in [-0.15, -0.1) is 0 Å². The highest BCUT2D eigenvalue weighted by atomic mass is 35.5. The topological polar surface area (TPSA) is 106 Å². The van der Waals surface area contributed by atoms with Crippen molar-refractivity contribution in [2.75, 3.05) is 17.5 Å². The third-order valence-corrected chi connectivity index (χ3v) is 7.25. The smallest absolute Gasteiger partial charge is 0.338 e. The van der Waals surface area contributed by atoms with Crippen molar-refractivity contribution in [2.45, 2.75) is 17.9 Å². The van der Waals surface area contributed by atoms with Crippen LogP contribution >= 0.6 is 11.6 Å². The van der Waals surface area contributed by atoms with Crippen molar-refractivity contribution < 1.29 is 27.2 Å². The second-order valence-corrected chi connectivity index (χ2v) is 9.27. The summed E-state index contributed by atoms with van der Waals surface area (Å²) in [4.78, 5) is 24.1. The number of sulfonamides is 1. The van der Waals surface area contributed by atoms with Crippen molar-refractivity contribution in [3.63, 3.8) is 0 Å². The molecule has 1 aliphatic heterocycles. The minimum atomic E-state index is -4.00. The van der Waals surface area contributed by atoms with Gasteiger partial charge in [0.1, 0.15) is 10.7 Å². The Morgan fingerprint density at radius 3 is 2.72 bits per heavy atom. The summed E-state index contributed by atoms with van der Waals surface area (Å²) in [6.07, 6.45) is 2.07. The van der Waals surface area contributed by atoms with Gasteiger partial charge in [0.2, 0.25) is 0 Å². The second kappa shape index (κ2) is 9.05. The number of esters is 1. The van der Waals surface area contributed by atoms with E-state index in [4.69, 9.17) is 20.8 Å². The van der Waals surface area contributed by atoms with Gasteiger partial charge in [-0.25, -0.2) is 13.2 Å². The number of hydrogen-bond acceptors (Lipinski definition) is 6. The summed E-state index contributed by atoms with van der Waals surface area (Å²) in [5, 5.41) is 2.54. The van der Waals surface area contributed by atoms with E-state index >= 15 is 0 Å². The lowest BCUT2D eigenvalue weighted by Gasteiger charge is -2.20. The average molecular weight is 475 g/mol. The minimum absolute atomic E-state index is 0.0119. The van der Waals surface area contributed by atoms with Crippen LogP contribution in [0.2, 0.25) is 5.02 Å². The van der Waals surface area contributed by atoms with E-state index in [0.29, 0.717) is 17.9 Å². The fourth-order valence-corrected chi connectivity index (χ4v) is 5.38. The quantitative estimate of drug-likeness (QED) is 0.527. The van der Waals surface area contributed by atoms with Crippen LogP contribution in [0.1, 0.15) is 21.7 Å². The van der Waals surface area contributed by atoms with Crippen LogP contribution in [0.4, 0.5) is 5.69 Å². The summed E-state index contributed by atoms with van der Waals surface area (Å²) >= 11 is 6.18. The summed E-state index contributed by atoms with van der Waals surface area (Å²) in [6.45, 7) is -0.0870. The first-order valence-electron chi connectivity index (χ1n) is 9.72. The lowest BCUT2D eigenvalue weighted by atomic mass is 10.2. The molecule has 0 aliphatic carbocycles. The number of nitrogens with one attached hydrogen (secondary N) is 1. The highest BCUT2D eigenvalue weighted by Crippen LogP contribution is 2.35.